The summed E-state index contributed by atoms with van der Waals surface area (Å²) in [5.74, 6) is 0.529. The second-order valence-corrected chi connectivity index (χ2v) is 5.24. The fourth-order valence-corrected chi connectivity index (χ4v) is 1.70. The number of hydrogen-bond donors (Lipinski definition) is 1. The first-order valence-corrected chi connectivity index (χ1v) is 6.83. The van der Waals surface area contributed by atoms with Crippen LogP contribution in [-0.2, 0) is 9.53 Å². The Balaban J connectivity index is 1.86. The lowest BCUT2D eigenvalue weighted by Crippen LogP contribution is -2.38. The smallest absolute Gasteiger partial charge is 0.338 e. The highest BCUT2D eigenvalue weighted by Crippen LogP contribution is 2.32. The van der Waals surface area contributed by atoms with Gasteiger partial charge in [0.05, 0.1) is 5.56 Å². The number of benzene rings is 1. The zero-order valence-corrected chi connectivity index (χ0v) is 12.3. The Kier molecular flexibility index (Phi) is 4.67. The molecule has 1 atom stereocenters. The van der Waals surface area contributed by atoms with Gasteiger partial charge in [0, 0.05) is 6.04 Å². The maximum Gasteiger partial charge on any atom is 0.338 e. The summed E-state index contributed by atoms with van der Waals surface area (Å²) in [6, 6.07) is 4.78. The molecule has 6 heteroatoms. The first-order valence-electron chi connectivity index (χ1n) is 6.83. The number of hydrogen-bond acceptors (Lipinski definition) is 5. The molecule has 114 valence electrons. The Hall–Kier alpha value is -2.24. The molecule has 1 aromatic rings. The molecule has 0 saturated carbocycles. The molecule has 21 heavy (non-hydrogen) atoms. The van der Waals surface area contributed by atoms with Crippen LogP contribution in [0.5, 0.6) is 11.5 Å². The van der Waals surface area contributed by atoms with Gasteiger partial charge in [0.25, 0.3) is 5.91 Å². The van der Waals surface area contributed by atoms with Gasteiger partial charge in [-0.05, 0) is 31.0 Å². The molecule has 1 aromatic carbocycles. The van der Waals surface area contributed by atoms with Crippen LogP contribution in [0.3, 0.4) is 0 Å². The van der Waals surface area contributed by atoms with E-state index >= 15 is 0 Å². The van der Waals surface area contributed by atoms with Crippen molar-refractivity contribution in [2.45, 2.75) is 26.8 Å². The summed E-state index contributed by atoms with van der Waals surface area (Å²) in [6.07, 6.45) is 0. The lowest BCUT2D eigenvalue weighted by molar-refractivity contribution is -0.125. The third kappa shape index (κ3) is 3.87. The number of amides is 1. The second-order valence-electron chi connectivity index (χ2n) is 5.24. The van der Waals surface area contributed by atoms with Crippen molar-refractivity contribution in [1.29, 1.82) is 0 Å². The van der Waals surface area contributed by atoms with Crippen molar-refractivity contribution < 1.29 is 23.8 Å². The molecule has 1 aliphatic rings. The van der Waals surface area contributed by atoms with E-state index in [4.69, 9.17) is 14.2 Å². The van der Waals surface area contributed by atoms with E-state index in [0.29, 0.717) is 23.0 Å². The number of nitrogens with one attached hydrogen (secondary N) is 1. The van der Waals surface area contributed by atoms with Crippen molar-refractivity contribution in [3.8, 4) is 11.5 Å². The molecular weight excluding hydrogens is 274 g/mol. The predicted molar refractivity (Wildman–Crippen MR) is 75.3 cm³/mol. The molecule has 6 nitrogen and oxygen atoms in total. The molecule has 0 aromatic heterocycles. The molecular formula is C15H19NO5. The van der Waals surface area contributed by atoms with Gasteiger partial charge in [0.2, 0.25) is 6.79 Å². The van der Waals surface area contributed by atoms with Gasteiger partial charge in [-0.15, -0.1) is 0 Å². The van der Waals surface area contributed by atoms with Crippen LogP contribution in [0.2, 0.25) is 0 Å². The Morgan fingerprint density at radius 1 is 1.24 bits per heavy atom. The summed E-state index contributed by atoms with van der Waals surface area (Å²) in [6.45, 7) is 5.75. The minimum atomic E-state index is -0.569. The van der Waals surface area contributed by atoms with Crippen molar-refractivity contribution in [3.05, 3.63) is 23.8 Å². The fraction of sp³-hybridized carbons (Fsp3) is 0.467. The van der Waals surface area contributed by atoms with E-state index in [1.165, 1.54) is 0 Å². The first-order chi connectivity index (χ1) is 9.97. The minimum Gasteiger partial charge on any atom is -0.454 e. The molecule has 1 aliphatic heterocycles. The summed E-state index contributed by atoms with van der Waals surface area (Å²) in [5, 5.41) is 2.77. The average Bonchev–Trinajstić information content (AvgIpc) is 2.91. The normalized spacial score (nSPS) is 13.9. The summed E-state index contributed by atoms with van der Waals surface area (Å²) in [7, 11) is 0. The van der Waals surface area contributed by atoms with Crippen molar-refractivity contribution in [2.75, 3.05) is 13.4 Å². The average molecular weight is 293 g/mol. The van der Waals surface area contributed by atoms with Crippen LogP contribution in [0.1, 0.15) is 31.1 Å². The van der Waals surface area contributed by atoms with Gasteiger partial charge < -0.3 is 19.5 Å². The van der Waals surface area contributed by atoms with Crippen molar-refractivity contribution in [2.24, 2.45) is 5.92 Å². The van der Waals surface area contributed by atoms with Gasteiger partial charge in [-0.25, -0.2) is 4.79 Å². The van der Waals surface area contributed by atoms with E-state index < -0.39 is 5.97 Å². The van der Waals surface area contributed by atoms with E-state index in [-0.39, 0.29) is 25.3 Å². The maximum atomic E-state index is 11.9. The molecule has 0 bridgehead atoms. The molecule has 1 heterocycles. The SMILES string of the molecule is CC(C)[C@H](C)NC(=O)COC(=O)c1ccc2c(c1)OCO2. The van der Waals surface area contributed by atoms with Crippen LogP contribution in [0.15, 0.2) is 18.2 Å². The number of ether oxygens (including phenoxy) is 3. The molecule has 0 radical (unpaired) electrons. The second kappa shape index (κ2) is 6.47. The van der Waals surface area contributed by atoms with Gasteiger partial charge in [-0.1, -0.05) is 13.8 Å². The van der Waals surface area contributed by atoms with Crippen LogP contribution in [-0.4, -0.2) is 31.3 Å². The van der Waals surface area contributed by atoms with Gasteiger partial charge in [0.1, 0.15) is 0 Å². The Morgan fingerprint density at radius 3 is 2.67 bits per heavy atom. The molecule has 0 saturated heterocycles. The molecule has 1 amide bonds. The number of esters is 1. The van der Waals surface area contributed by atoms with E-state index in [0.717, 1.165) is 0 Å². The Labute approximate surface area is 123 Å². The lowest BCUT2D eigenvalue weighted by atomic mass is 10.1. The van der Waals surface area contributed by atoms with Gasteiger partial charge in [0.15, 0.2) is 18.1 Å². The third-order valence-electron chi connectivity index (χ3n) is 3.33. The number of fused-ring (bicyclic) bond motifs is 1. The van der Waals surface area contributed by atoms with Crippen molar-refractivity contribution in [1.82, 2.24) is 5.32 Å². The summed E-state index contributed by atoms with van der Waals surface area (Å²) < 4.78 is 15.3. The number of rotatable bonds is 5. The van der Waals surface area contributed by atoms with Gasteiger partial charge in [-0.2, -0.15) is 0 Å². The van der Waals surface area contributed by atoms with Gasteiger partial charge in [-0.3, -0.25) is 4.79 Å². The lowest BCUT2D eigenvalue weighted by Gasteiger charge is -2.17. The predicted octanol–water partition coefficient (Wildman–Crippen LogP) is 1.73. The maximum absolute atomic E-state index is 11.9. The standard InChI is InChI=1S/C15H19NO5/c1-9(2)10(3)16-14(17)7-19-15(18)11-4-5-12-13(6-11)21-8-20-12/h4-6,9-10H,7-8H2,1-3H3,(H,16,17)/t10-/m0/s1. The Bertz CT molecular complexity index is 541. The summed E-state index contributed by atoms with van der Waals surface area (Å²) in [4.78, 5) is 23.5. The van der Waals surface area contributed by atoms with E-state index in [1.54, 1.807) is 18.2 Å². The third-order valence-corrected chi connectivity index (χ3v) is 3.33. The van der Waals surface area contributed by atoms with Crippen LogP contribution in [0, 0.1) is 5.92 Å². The number of carbonyl (C=O) groups excluding carboxylic acids is 2. The molecule has 0 unspecified atom stereocenters. The largest absolute Gasteiger partial charge is 0.454 e. The zero-order valence-electron chi connectivity index (χ0n) is 12.3. The van der Waals surface area contributed by atoms with Crippen molar-refractivity contribution >= 4 is 11.9 Å². The fourth-order valence-electron chi connectivity index (χ4n) is 1.70. The van der Waals surface area contributed by atoms with E-state index in [9.17, 15) is 9.59 Å². The van der Waals surface area contributed by atoms with E-state index in [1.807, 2.05) is 20.8 Å². The van der Waals surface area contributed by atoms with Crippen LogP contribution in [0.25, 0.3) is 0 Å². The number of carbonyl (C=O) groups is 2. The van der Waals surface area contributed by atoms with Crippen LogP contribution < -0.4 is 14.8 Å². The molecule has 0 spiro atoms. The molecule has 0 aliphatic carbocycles. The molecule has 1 N–H and O–H groups in total. The Morgan fingerprint density at radius 2 is 1.95 bits per heavy atom. The highest BCUT2D eigenvalue weighted by molar-refractivity contribution is 5.92. The molecule has 2 rings (SSSR count). The monoisotopic (exact) mass is 293 g/mol. The highest BCUT2D eigenvalue weighted by Gasteiger charge is 2.18. The summed E-state index contributed by atoms with van der Waals surface area (Å²) in [5.41, 5.74) is 0.323. The zero-order chi connectivity index (χ0) is 15.4. The minimum absolute atomic E-state index is 0.0294. The van der Waals surface area contributed by atoms with E-state index in [2.05, 4.69) is 5.32 Å². The van der Waals surface area contributed by atoms with Crippen molar-refractivity contribution in [3.63, 3.8) is 0 Å². The highest BCUT2D eigenvalue weighted by atomic mass is 16.7. The van der Waals surface area contributed by atoms with Gasteiger partial charge >= 0.3 is 5.97 Å². The molecule has 0 fully saturated rings. The summed E-state index contributed by atoms with van der Waals surface area (Å²) >= 11 is 0. The van der Waals surface area contributed by atoms with Crippen LogP contribution in [0.4, 0.5) is 0 Å². The topological polar surface area (TPSA) is 73.9 Å². The first kappa shape index (κ1) is 15.2. The van der Waals surface area contributed by atoms with Crippen LogP contribution >= 0.6 is 0 Å². The quantitative estimate of drug-likeness (QED) is 0.837.